The minimum absolute atomic E-state index is 0. The van der Waals surface area contributed by atoms with Crippen LogP contribution in [0.4, 0.5) is 0 Å². The molecule has 1 rings (SSSR count). The zero-order chi connectivity index (χ0) is 15.5. The van der Waals surface area contributed by atoms with Gasteiger partial charge >= 0.3 is 0 Å². The number of halogens is 3. The molecule has 0 aliphatic carbocycles. The summed E-state index contributed by atoms with van der Waals surface area (Å²) in [6.07, 6.45) is 1.00. The average Bonchev–Trinajstić information content (AvgIpc) is 2.48. The molecule has 0 saturated heterocycles. The van der Waals surface area contributed by atoms with Gasteiger partial charge in [-0.25, -0.2) is 0 Å². The Hall–Kier alpha value is -0.430. The topological polar surface area (TPSA) is 62.8 Å². The van der Waals surface area contributed by atoms with Crippen molar-refractivity contribution in [1.29, 1.82) is 0 Å². The zero-order valence-electron chi connectivity index (χ0n) is 13.6. The predicted octanol–water partition coefficient (Wildman–Crippen LogP) is 2.65. The van der Waals surface area contributed by atoms with Gasteiger partial charge in [-0.3, -0.25) is 0 Å². The maximum atomic E-state index is 8.64. The molecule has 3 N–H and O–H groups in total. The Balaban J connectivity index is 0. The van der Waals surface area contributed by atoms with E-state index in [2.05, 4.69) is 10.6 Å². The molecule has 23 heavy (non-hydrogen) atoms. The minimum Gasteiger partial charge on any atom is -0.493 e. The summed E-state index contributed by atoms with van der Waals surface area (Å²) in [5.74, 6) is 1.25. The third-order valence-electron chi connectivity index (χ3n) is 2.90. The maximum absolute atomic E-state index is 8.64. The molecular weight excluding hydrogens is 363 g/mol. The molecule has 0 aromatic heterocycles. The van der Waals surface area contributed by atoms with Gasteiger partial charge in [-0.1, -0.05) is 11.6 Å². The molecule has 0 amide bonds. The quantitative estimate of drug-likeness (QED) is 0.508. The van der Waals surface area contributed by atoms with Crippen molar-refractivity contribution < 1.29 is 14.6 Å². The van der Waals surface area contributed by atoms with Crippen molar-refractivity contribution in [2.24, 2.45) is 0 Å². The molecule has 0 saturated carbocycles. The van der Waals surface area contributed by atoms with E-state index in [-0.39, 0.29) is 31.4 Å². The highest BCUT2D eigenvalue weighted by Crippen LogP contribution is 2.36. The molecule has 0 radical (unpaired) electrons. The summed E-state index contributed by atoms with van der Waals surface area (Å²) in [4.78, 5) is 0. The Bertz CT molecular complexity index is 423. The molecule has 0 spiro atoms. The van der Waals surface area contributed by atoms with Crippen LogP contribution in [0.2, 0.25) is 5.02 Å². The van der Waals surface area contributed by atoms with E-state index in [9.17, 15) is 0 Å². The minimum atomic E-state index is 0. The highest BCUT2D eigenvalue weighted by atomic mass is 35.5. The second-order valence-corrected chi connectivity index (χ2v) is 4.95. The van der Waals surface area contributed by atoms with Crippen LogP contribution in [-0.4, -0.2) is 45.1 Å². The molecule has 1 aromatic carbocycles. The average molecular weight is 390 g/mol. The van der Waals surface area contributed by atoms with Gasteiger partial charge in [0.1, 0.15) is 0 Å². The molecule has 0 aliphatic heterocycles. The van der Waals surface area contributed by atoms with Gasteiger partial charge in [0.05, 0.1) is 25.3 Å². The Morgan fingerprint density at radius 2 is 1.83 bits per heavy atom. The van der Waals surface area contributed by atoms with Crippen LogP contribution in [0.25, 0.3) is 0 Å². The Labute approximate surface area is 155 Å². The zero-order valence-corrected chi connectivity index (χ0v) is 16.0. The Kier molecular flexibility index (Phi) is 16.3. The molecule has 0 atom stereocenters. The van der Waals surface area contributed by atoms with E-state index < -0.39 is 0 Å². The van der Waals surface area contributed by atoms with Crippen molar-refractivity contribution in [2.75, 3.05) is 40.0 Å². The number of hydrogen-bond donors (Lipinski definition) is 3. The molecule has 5 nitrogen and oxygen atoms in total. The number of aliphatic hydroxyl groups excluding tert-OH is 1. The maximum Gasteiger partial charge on any atom is 0.179 e. The van der Waals surface area contributed by atoms with Crippen LogP contribution < -0.4 is 20.1 Å². The van der Waals surface area contributed by atoms with Crippen LogP contribution >= 0.6 is 36.4 Å². The number of methoxy groups -OCH3 is 1. The number of ether oxygens (including phenoxy) is 2. The third kappa shape index (κ3) is 9.45. The van der Waals surface area contributed by atoms with Gasteiger partial charge < -0.3 is 25.2 Å². The summed E-state index contributed by atoms with van der Waals surface area (Å²) in [7, 11) is 1.61. The van der Waals surface area contributed by atoms with Crippen molar-refractivity contribution in [3.05, 3.63) is 22.7 Å². The SMILES string of the molecule is CCOc1c(Cl)cc(CNCCCNCCO)cc1OC.Cl.Cl. The van der Waals surface area contributed by atoms with E-state index in [4.69, 9.17) is 26.2 Å². The third-order valence-corrected chi connectivity index (χ3v) is 3.18. The lowest BCUT2D eigenvalue weighted by molar-refractivity contribution is 0.292. The fraction of sp³-hybridized carbons (Fsp3) is 0.600. The summed E-state index contributed by atoms with van der Waals surface area (Å²) in [5.41, 5.74) is 1.06. The van der Waals surface area contributed by atoms with Gasteiger partial charge in [0.2, 0.25) is 0 Å². The van der Waals surface area contributed by atoms with Gasteiger partial charge in [0.15, 0.2) is 11.5 Å². The van der Waals surface area contributed by atoms with Crippen molar-refractivity contribution >= 4 is 36.4 Å². The summed E-state index contributed by atoms with van der Waals surface area (Å²) in [6.45, 7) is 5.79. The van der Waals surface area contributed by atoms with Crippen molar-refractivity contribution in [1.82, 2.24) is 10.6 Å². The standard InChI is InChI=1S/C15H25ClN2O3.2ClH/c1-3-21-15-13(16)9-12(10-14(15)20-2)11-18-6-4-5-17-7-8-19;;/h9-10,17-19H,3-8,11H2,1-2H3;2*1H. The van der Waals surface area contributed by atoms with Gasteiger partial charge in [-0.2, -0.15) is 0 Å². The van der Waals surface area contributed by atoms with E-state index >= 15 is 0 Å². The number of aliphatic hydroxyl groups is 1. The van der Waals surface area contributed by atoms with Crippen LogP contribution in [0.1, 0.15) is 18.9 Å². The lowest BCUT2D eigenvalue weighted by atomic mass is 10.2. The smallest absolute Gasteiger partial charge is 0.179 e. The lowest BCUT2D eigenvalue weighted by Crippen LogP contribution is -2.23. The van der Waals surface area contributed by atoms with E-state index in [0.717, 1.165) is 31.6 Å². The highest BCUT2D eigenvalue weighted by Gasteiger charge is 2.11. The normalized spacial score (nSPS) is 9.74. The number of nitrogens with one attached hydrogen (secondary N) is 2. The van der Waals surface area contributed by atoms with E-state index in [0.29, 0.717) is 29.7 Å². The van der Waals surface area contributed by atoms with E-state index in [1.54, 1.807) is 7.11 Å². The lowest BCUT2D eigenvalue weighted by Gasteiger charge is -2.13. The molecule has 0 heterocycles. The van der Waals surface area contributed by atoms with Crippen molar-refractivity contribution in [2.45, 2.75) is 19.9 Å². The van der Waals surface area contributed by atoms with Crippen LogP contribution in [0.5, 0.6) is 11.5 Å². The first kappa shape index (κ1) is 24.8. The van der Waals surface area contributed by atoms with Crippen LogP contribution in [-0.2, 0) is 6.54 Å². The number of hydrogen-bond acceptors (Lipinski definition) is 5. The summed E-state index contributed by atoms with van der Waals surface area (Å²) in [6, 6.07) is 3.83. The van der Waals surface area contributed by atoms with Gasteiger partial charge in [0.25, 0.3) is 0 Å². The molecule has 0 fully saturated rings. The van der Waals surface area contributed by atoms with E-state index in [1.165, 1.54) is 0 Å². The van der Waals surface area contributed by atoms with Crippen LogP contribution in [0, 0.1) is 0 Å². The number of benzene rings is 1. The molecular formula is C15H27Cl3N2O3. The van der Waals surface area contributed by atoms with Crippen molar-refractivity contribution in [3.63, 3.8) is 0 Å². The molecule has 8 heteroatoms. The molecule has 1 aromatic rings. The Morgan fingerprint density at radius 3 is 2.43 bits per heavy atom. The fourth-order valence-corrected chi connectivity index (χ4v) is 2.22. The number of rotatable bonds is 11. The van der Waals surface area contributed by atoms with Crippen molar-refractivity contribution in [3.8, 4) is 11.5 Å². The Morgan fingerprint density at radius 1 is 1.13 bits per heavy atom. The first-order valence-corrected chi connectivity index (χ1v) is 7.62. The summed E-state index contributed by atoms with van der Waals surface area (Å²) >= 11 is 6.22. The van der Waals surface area contributed by atoms with E-state index in [1.807, 2.05) is 19.1 Å². The molecule has 0 unspecified atom stereocenters. The first-order chi connectivity index (χ1) is 10.2. The van der Waals surface area contributed by atoms with Gasteiger partial charge in [-0.15, -0.1) is 24.8 Å². The monoisotopic (exact) mass is 388 g/mol. The largest absolute Gasteiger partial charge is 0.493 e. The van der Waals surface area contributed by atoms with Gasteiger partial charge in [-0.05, 0) is 44.1 Å². The van der Waals surface area contributed by atoms with Gasteiger partial charge in [0, 0.05) is 13.1 Å². The van der Waals surface area contributed by atoms with Crippen LogP contribution in [0.15, 0.2) is 12.1 Å². The summed E-state index contributed by atoms with van der Waals surface area (Å²) in [5, 5.41) is 15.7. The second kappa shape index (κ2) is 15.1. The fourth-order valence-electron chi connectivity index (χ4n) is 1.93. The first-order valence-electron chi connectivity index (χ1n) is 7.24. The predicted molar refractivity (Wildman–Crippen MR) is 99.9 cm³/mol. The molecule has 0 aliphatic rings. The second-order valence-electron chi connectivity index (χ2n) is 4.55. The molecule has 136 valence electrons. The summed E-state index contributed by atoms with van der Waals surface area (Å²) < 4.78 is 10.8. The molecule has 0 bridgehead atoms. The van der Waals surface area contributed by atoms with Crippen LogP contribution in [0.3, 0.4) is 0 Å². The highest BCUT2D eigenvalue weighted by molar-refractivity contribution is 6.32.